The molecule has 1 aromatic heterocycles. The van der Waals surface area contributed by atoms with Gasteiger partial charge in [0.05, 0.1) is 19.6 Å². The van der Waals surface area contributed by atoms with E-state index in [1.54, 1.807) is 0 Å². The van der Waals surface area contributed by atoms with Gasteiger partial charge < -0.3 is 10.1 Å². The standard InChI is InChI=1S/C9H14F3N3OS/c1-6(2)13-5-7-14-15-8(17-7)16-4-3-9(10,11)12/h6,13H,3-5H2,1-2H3. The van der Waals surface area contributed by atoms with E-state index in [2.05, 4.69) is 15.5 Å². The Morgan fingerprint density at radius 3 is 2.65 bits per heavy atom. The Labute approximate surface area is 101 Å². The Hall–Kier alpha value is -0.890. The number of aromatic nitrogens is 2. The number of rotatable bonds is 6. The van der Waals surface area contributed by atoms with Gasteiger partial charge in [0, 0.05) is 6.04 Å². The van der Waals surface area contributed by atoms with E-state index in [1.807, 2.05) is 13.8 Å². The van der Waals surface area contributed by atoms with Gasteiger partial charge in [0.25, 0.3) is 5.19 Å². The van der Waals surface area contributed by atoms with Crippen LogP contribution >= 0.6 is 11.3 Å². The summed E-state index contributed by atoms with van der Waals surface area (Å²) in [6.45, 7) is 4.09. The number of nitrogens with one attached hydrogen (secondary N) is 1. The van der Waals surface area contributed by atoms with Crippen LogP contribution in [-0.4, -0.2) is 29.0 Å². The SMILES string of the molecule is CC(C)NCc1nnc(OCCC(F)(F)F)s1. The second-order valence-electron chi connectivity index (χ2n) is 3.71. The molecule has 0 spiro atoms. The normalized spacial score (nSPS) is 12.1. The zero-order valence-corrected chi connectivity index (χ0v) is 10.4. The molecular weight excluding hydrogens is 255 g/mol. The monoisotopic (exact) mass is 269 g/mol. The molecule has 0 aliphatic rings. The molecule has 0 radical (unpaired) electrons. The van der Waals surface area contributed by atoms with Crippen LogP contribution < -0.4 is 10.1 Å². The summed E-state index contributed by atoms with van der Waals surface area (Å²) >= 11 is 1.15. The van der Waals surface area contributed by atoms with Crippen LogP contribution in [0.25, 0.3) is 0 Å². The van der Waals surface area contributed by atoms with Crippen LogP contribution in [0.5, 0.6) is 5.19 Å². The van der Waals surface area contributed by atoms with Gasteiger partial charge >= 0.3 is 6.18 Å². The molecular formula is C9H14F3N3OS. The fourth-order valence-electron chi connectivity index (χ4n) is 0.913. The van der Waals surface area contributed by atoms with Gasteiger partial charge in [-0.2, -0.15) is 13.2 Å². The van der Waals surface area contributed by atoms with Crippen molar-refractivity contribution in [1.29, 1.82) is 0 Å². The van der Waals surface area contributed by atoms with Gasteiger partial charge in [0.1, 0.15) is 5.01 Å². The van der Waals surface area contributed by atoms with Crippen LogP contribution in [0.4, 0.5) is 13.2 Å². The number of alkyl halides is 3. The smallest absolute Gasteiger partial charge is 0.392 e. The predicted octanol–water partition coefficient (Wildman–Crippen LogP) is 2.37. The van der Waals surface area contributed by atoms with Gasteiger partial charge in [0.2, 0.25) is 0 Å². The van der Waals surface area contributed by atoms with Crippen LogP contribution in [0.15, 0.2) is 0 Å². The topological polar surface area (TPSA) is 47.0 Å². The van der Waals surface area contributed by atoms with Crippen LogP contribution in [-0.2, 0) is 6.54 Å². The highest BCUT2D eigenvalue weighted by molar-refractivity contribution is 7.13. The third-order valence-corrected chi connectivity index (χ3v) is 2.56. The fraction of sp³-hybridized carbons (Fsp3) is 0.778. The van der Waals surface area contributed by atoms with E-state index < -0.39 is 19.2 Å². The molecule has 1 aromatic rings. The summed E-state index contributed by atoms with van der Waals surface area (Å²) in [6.07, 6.45) is -5.18. The summed E-state index contributed by atoms with van der Waals surface area (Å²) in [7, 11) is 0. The third kappa shape index (κ3) is 6.42. The van der Waals surface area contributed by atoms with Crippen molar-refractivity contribution in [2.75, 3.05) is 6.61 Å². The summed E-state index contributed by atoms with van der Waals surface area (Å²) in [6, 6.07) is 0.313. The maximum Gasteiger partial charge on any atom is 0.392 e. The van der Waals surface area contributed by atoms with E-state index in [1.165, 1.54) is 0 Å². The van der Waals surface area contributed by atoms with E-state index >= 15 is 0 Å². The van der Waals surface area contributed by atoms with Crippen molar-refractivity contribution in [2.45, 2.75) is 39.0 Å². The summed E-state index contributed by atoms with van der Waals surface area (Å²) in [4.78, 5) is 0. The highest BCUT2D eigenvalue weighted by atomic mass is 32.1. The lowest BCUT2D eigenvalue weighted by Gasteiger charge is -2.05. The molecule has 0 aliphatic carbocycles. The molecule has 1 rings (SSSR count). The van der Waals surface area contributed by atoms with Crippen molar-refractivity contribution in [3.05, 3.63) is 5.01 Å². The summed E-state index contributed by atoms with van der Waals surface area (Å²) < 4.78 is 40.4. The maximum atomic E-state index is 11.9. The van der Waals surface area contributed by atoms with Crippen molar-refractivity contribution in [2.24, 2.45) is 0 Å². The molecule has 0 atom stereocenters. The lowest BCUT2D eigenvalue weighted by molar-refractivity contribution is -0.139. The van der Waals surface area contributed by atoms with Crippen molar-refractivity contribution < 1.29 is 17.9 Å². The first-order valence-electron chi connectivity index (χ1n) is 5.12. The van der Waals surface area contributed by atoms with E-state index in [0.29, 0.717) is 17.6 Å². The van der Waals surface area contributed by atoms with E-state index in [0.717, 1.165) is 11.3 Å². The average Bonchev–Trinajstić information content (AvgIpc) is 2.61. The highest BCUT2D eigenvalue weighted by Gasteiger charge is 2.27. The molecule has 0 aliphatic heterocycles. The quantitative estimate of drug-likeness (QED) is 0.861. The predicted molar refractivity (Wildman–Crippen MR) is 58.1 cm³/mol. The second-order valence-corrected chi connectivity index (χ2v) is 4.74. The molecule has 1 N–H and O–H groups in total. The molecule has 98 valence electrons. The number of hydrogen-bond donors (Lipinski definition) is 1. The molecule has 8 heteroatoms. The van der Waals surface area contributed by atoms with Crippen LogP contribution in [0.3, 0.4) is 0 Å². The molecule has 1 heterocycles. The van der Waals surface area contributed by atoms with E-state index in [9.17, 15) is 13.2 Å². The molecule has 4 nitrogen and oxygen atoms in total. The molecule has 0 aromatic carbocycles. The molecule has 0 bridgehead atoms. The molecule has 0 unspecified atom stereocenters. The third-order valence-electron chi connectivity index (χ3n) is 1.72. The number of halogens is 3. The van der Waals surface area contributed by atoms with Gasteiger partial charge in [-0.3, -0.25) is 0 Å². The summed E-state index contributed by atoms with van der Waals surface area (Å²) in [5.41, 5.74) is 0. The largest absolute Gasteiger partial charge is 0.469 e. The van der Waals surface area contributed by atoms with Gasteiger partial charge in [-0.1, -0.05) is 25.2 Å². The molecule has 0 saturated heterocycles. The number of hydrogen-bond acceptors (Lipinski definition) is 5. The van der Waals surface area contributed by atoms with Crippen LogP contribution in [0, 0.1) is 0 Å². The Morgan fingerprint density at radius 1 is 1.35 bits per heavy atom. The second kappa shape index (κ2) is 6.15. The Kier molecular flexibility index (Phi) is 5.13. The Bertz CT molecular complexity index is 340. The van der Waals surface area contributed by atoms with Crippen LogP contribution in [0.2, 0.25) is 0 Å². The first kappa shape index (κ1) is 14.2. The Morgan fingerprint density at radius 2 is 2.06 bits per heavy atom. The first-order valence-corrected chi connectivity index (χ1v) is 5.94. The van der Waals surface area contributed by atoms with Crippen molar-refractivity contribution in [1.82, 2.24) is 15.5 Å². The molecule has 0 fully saturated rings. The molecule has 0 saturated carbocycles. The Balaban J connectivity index is 2.31. The minimum Gasteiger partial charge on any atom is -0.469 e. The molecule has 0 amide bonds. The minimum absolute atomic E-state index is 0.176. The van der Waals surface area contributed by atoms with Crippen molar-refractivity contribution in [3.8, 4) is 5.19 Å². The maximum absolute atomic E-state index is 11.9. The van der Waals surface area contributed by atoms with Crippen LogP contribution in [0.1, 0.15) is 25.3 Å². The van der Waals surface area contributed by atoms with Gasteiger partial charge in [0.15, 0.2) is 0 Å². The van der Waals surface area contributed by atoms with Gasteiger partial charge in [-0.15, -0.1) is 10.2 Å². The highest BCUT2D eigenvalue weighted by Crippen LogP contribution is 2.22. The lowest BCUT2D eigenvalue weighted by Crippen LogP contribution is -2.21. The van der Waals surface area contributed by atoms with E-state index in [4.69, 9.17) is 4.74 Å². The number of nitrogens with zero attached hydrogens (tertiary/aromatic N) is 2. The van der Waals surface area contributed by atoms with Crippen molar-refractivity contribution >= 4 is 11.3 Å². The zero-order valence-electron chi connectivity index (χ0n) is 9.54. The van der Waals surface area contributed by atoms with Gasteiger partial charge in [-0.05, 0) is 0 Å². The average molecular weight is 269 g/mol. The van der Waals surface area contributed by atoms with Gasteiger partial charge in [-0.25, -0.2) is 0 Å². The summed E-state index contributed by atoms with van der Waals surface area (Å²) in [5.74, 6) is 0. The van der Waals surface area contributed by atoms with Crippen molar-refractivity contribution in [3.63, 3.8) is 0 Å². The molecule has 17 heavy (non-hydrogen) atoms. The lowest BCUT2D eigenvalue weighted by atomic mass is 10.4. The fourth-order valence-corrected chi connectivity index (χ4v) is 1.58. The summed E-state index contributed by atoms with van der Waals surface area (Å²) in [5, 5.41) is 11.5. The first-order chi connectivity index (χ1) is 7.87. The zero-order chi connectivity index (χ0) is 12.9. The number of ether oxygens (including phenoxy) is 1. The minimum atomic E-state index is -4.20. The van der Waals surface area contributed by atoms with E-state index in [-0.39, 0.29) is 5.19 Å².